The summed E-state index contributed by atoms with van der Waals surface area (Å²) in [6.45, 7) is 2.84. The molecule has 0 N–H and O–H groups in total. The van der Waals surface area contributed by atoms with Crippen LogP contribution in [-0.2, 0) is 0 Å². The van der Waals surface area contributed by atoms with E-state index in [1.165, 1.54) is 11.1 Å². The Labute approximate surface area is 126 Å². The fourth-order valence-corrected chi connectivity index (χ4v) is 2.54. The molecule has 0 saturated heterocycles. The summed E-state index contributed by atoms with van der Waals surface area (Å²) >= 11 is 6.10. The topological polar surface area (TPSA) is 9.23 Å². The highest BCUT2D eigenvalue weighted by Crippen LogP contribution is 2.23. The van der Waals surface area contributed by atoms with Gasteiger partial charge in [-0.15, -0.1) is 11.6 Å². The summed E-state index contributed by atoms with van der Waals surface area (Å²) in [6.07, 6.45) is 2.07. The van der Waals surface area contributed by atoms with Crippen molar-refractivity contribution < 1.29 is 4.74 Å². The van der Waals surface area contributed by atoms with E-state index < -0.39 is 0 Å². The molecule has 1 unspecified atom stereocenters. The summed E-state index contributed by atoms with van der Waals surface area (Å²) in [7, 11) is 0. The Morgan fingerprint density at radius 2 is 1.70 bits per heavy atom. The number of ether oxygens (including phenoxy) is 1. The molecule has 0 aliphatic heterocycles. The van der Waals surface area contributed by atoms with Gasteiger partial charge in [-0.3, -0.25) is 0 Å². The summed E-state index contributed by atoms with van der Waals surface area (Å²) in [4.78, 5) is 0. The van der Waals surface area contributed by atoms with E-state index in [0.717, 1.165) is 25.2 Å². The van der Waals surface area contributed by atoms with Crippen molar-refractivity contribution in [2.24, 2.45) is 0 Å². The third-order valence-corrected chi connectivity index (χ3v) is 3.82. The number of benzene rings is 2. The molecular formula is C18H21ClO. The van der Waals surface area contributed by atoms with Crippen LogP contribution in [0, 0.1) is 6.92 Å². The summed E-state index contributed by atoms with van der Waals surface area (Å²) in [5.74, 6) is 2.01. The first kappa shape index (κ1) is 14.9. The van der Waals surface area contributed by atoms with Gasteiger partial charge in [0.25, 0.3) is 0 Å². The first-order valence-corrected chi connectivity index (χ1v) is 7.63. The van der Waals surface area contributed by atoms with Gasteiger partial charge in [0.1, 0.15) is 5.75 Å². The molecule has 0 radical (unpaired) electrons. The van der Waals surface area contributed by atoms with Crippen molar-refractivity contribution in [2.75, 3.05) is 12.5 Å². The summed E-state index contributed by atoms with van der Waals surface area (Å²) in [5, 5.41) is 0. The highest BCUT2D eigenvalue weighted by atomic mass is 35.5. The Morgan fingerprint density at radius 1 is 1.00 bits per heavy atom. The van der Waals surface area contributed by atoms with Crippen LogP contribution in [0.5, 0.6) is 5.75 Å². The Hall–Kier alpha value is -1.47. The highest BCUT2D eigenvalue weighted by Gasteiger charge is 2.09. The van der Waals surface area contributed by atoms with Gasteiger partial charge in [0.2, 0.25) is 0 Å². The molecule has 0 aromatic heterocycles. The maximum Gasteiger partial charge on any atom is 0.119 e. The van der Waals surface area contributed by atoms with Gasteiger partial charge in [-0.2, -0.15) is 0 Å². The molecule has 0 bridgehead atoms. The SMILES string of the molecule is Cc1ccc(C(CCl)CCCOc2ccccc2)cc1. The van der Waals surface area contributed by atoms with Crippen molar-refractivity contribution in [2.45, 2.75) is 25.7 Å². The molecule has 0 aliphatic carbocycles. The van der Waals surface area contributed by atoms with Crippen molar-refractivity contribution >= 4 is 11.6 Å². The van der Waals surface area contributed by atoms with Gasteiger partial charge in [-0.25, -0.2) is 0 Å². The molecule has 0 amide bonds. The second-order valence-corrected chi connectivity index (χ2v) is 5.37. The van der Waals surface area contributed by atoms with Crippen LogP contribution in [0.2, 0.25) is 0 Å². The van der Waals surface area contributed by atoms with Crippen LogP contribution in [0.25, 0.3) is 0 Å². The van der Waals surface area contributed by atoms with E-state index in [4.69, 9.17) is 16.3 Å². The summed E-state index contributed by atoms with van der Waals surface area (Å²) < 4.78 is 5.71. The lowest BCUT2D eigenvalue weighted by Crippen LogP contribution is -2.04. The van der Waals surface area contributed by atoms with Crippen LogP contribution in [-0.4, -0.2) is 12.5 Å². The van der Waals surface area contributed by atoms with Gasteiger partial charge < -0.3 is 4.74 Å². The fourth-order valence-electron chi connectivity index (χ4n) is 2.21. The van der Waals surface area contributed by atoms with Gasteiger partial charge >= 0.3 is 0 Å². The average Bonchev–Trinajstić information content (AvgIpc) is 2.50. The molecule has 106 valence electrons. The first-order chi connectivity index (χ1) is 9.79. The lowest BCUT2D eigenvalue weighted by atomic mass is 9.95. The Balaban J connectivity index is 1.78. The molecule has 2 heteroatoms. The Morgan fingerprint density at radius 3 is 2.35 bits per heavy atom. The number of hydrogen-bond donors (Lipinski definition) is 0. The van der Waals surface area contributed by atoms with Crippen molar-refractivity contribution in [1.29, 1.82) is 0 Å². The molecule has 1 nitrogen and oxygen atoms in total. The second kappa shape index (κ2) is 7.96. The van der Waals surface area contributed by atoms with Gasteiger partial charge in [-0.05, 0) is 43.4 Å². The van der Waals surface area contributed by atoms with E-state index in [1.54, 1.807) is 0 Å². The lowest BCUT2D eigenvalue weighted by Gasteiger charge is -2.15. The maximum absolute atomic E-state index is 6.10. The predicted molar refractivity (Wildman–Crippen MR) is 85.8 cm³/mol. The zero-order valence-corrected chi connectivity index (χ0v) is 12.6. The maximum atomic E-state index is 6.10. The second-order valence-electron chi connectivity index (χ2n) is 5.07. The van der Waals surface area contributed by atoms with Crippen LogP contribution in [0.1, 0.15) is 29.9 Å². The molecule has 0 spiro atoms. The fraction of sp³-hybridized carbons (Fsp3) is 0.333. The predicted octanol–water partition coefficient (Wildman–Crippen LogP) is 5.18. The minimum atomic E-state index is 0.414. The quantitative estimate of drug-likeness (QED) is 0.504. The van der Waals surface area contributed by atoms with Crippen molar-refractivity contribution in [1.82, 2.24) is 0 Å². The van der Waals surface area contributed by atoms with Crippen LogP contribution in [0.3, 0.4) is 0 Å². The first-order valence-electron chi connectivity index (χ1n) is 7.10. The van der Waals surface area contributed by atoms with Gasteiger partial charge in [0.05, 0.1) is 6.61 Å². The van der Waals surface area contributed by atoms with Crippen molar-refractivity contribution in [3.63, 3.8) is 0 Å². The van der Waals surface area contributed by atoms with Crippen LogP contribution in [0.15, 0.2) is 54.6 Å². The molecule has 0 aliphatic rings. The van der Waals surface area contributed by atoms with E-state index in [9.17, 15) is 0 Å². The molecule has 2 aromatic carbocycles. The van der Waals surface area contributed by atoms with E-state index >= 15 is 0 Å². The molecule has 0 fully saturated rings. The standard InChI is InChI=1S/C18H21ClO/c1-15-9-11-16(12-10-15)17(14-19)6-5-13-20-18-7-3-2-4-8-18/h2-4,7-12,17H,5-6,13-14H2,1H3. The van der Waals surface area contributed by atoms with Crippen molar-refractivity contribution in [3.8, 4) is 5.75 Å². The molecule has 1 atom stereocenters. The minimum Gasteiger partial charge on any atom is -0.494 e. The summed E-state index contributed by atoms with van der Waals surface area (Å²) in [6, 6.07) is 18.6. The van der Waals surface area contributed by atoms with E-state index in [2.05, 4.69) is 31.2 Å². The van der Waals surface area contributed by atoms with E-state index in [1.807, 2.05) is 30.3 Å². The zero-order chi connectivity index (χ0) is 14.2. The Bertz CT molecular complexity index is 493. The molecule has 2 aromatic rings. The number of hydrogen-bond acceptors (Lipinski definition) is 1. The number of rotatable bonds is 7. The van der Waals surface area contributed by atoms with Gasteiger partial charge in [0.15, 0.2) is 0 Å². The zero-order valence-electron chi connectivity index (χ0n) is 11.9. The molecule has 0 heterocycles. The minimum absolute atomic E-state index is 0.414. The van der Waals surface area contributed by atoms with E-state index in [0.29, 0.717) is 11.8 Å². The number of halogens is 1. The van der Waals surface area contributed by atoms with Gasteiger partial charge in [0, 0.05) is 5.88 Å². The van der Waals surface area contributed by atoms with Crippen molar-refractivity contribution in [3.05, 3.63) is 65.7 Å². The van der Waals surface area contributed by atoms with Crippen LogP contribution < -0.4 is 4.74 Å². The van der Waals surface area contributed by atoms with E-state index in [-0.39, 0.29) is 0 Å². The molecular weight excluding hydrogens is 268 g/mol. The smallest absolute Gasteiger partial charge is 0.119 e. The third-order valence-electron chi connectivity index (χ3n) is 3.44. The monoisotopic (exact) mass is 288 g/mol. The highest BCUT2D eigenvalue weighted by molar-refractivity contribution is 6.18. The normalized spacial score (nSPS) is 12.1. The molecule has 0 saturated carbocycles. The molecule has 20 heavy (non-hydrogen) atoms. The number of aryl methyl sites for hydroxylation is 1. The van der Waals surface area contributed by atoms with Crippen LogP contribution >= 0.6 is 11.6 Å². The number of alkyl halides is 1. The molecule has 2 rings (SSSR count). The third kappa shape index (κ3) is 4.57. The summed E-state index contributed by atoms with van der Waals surface area (Å²) in [5.41, 5.74) is 2.61. The number of para-hydroxylation sites is 1. The largest absolute Gasteiger partial charge is 0.494 e. The van der Waals surface area contributed by atoms with Crippen LogP contribution in [0.4, 0.5) is 0 Å². The van der Waals surface area contributed by atoms with Gasteiger partial charge in [-0.1, -0.05) is 48.0 Å². The average molecular weight is 289 g/mol. The Kier molecular flexibility index (Phi) is 5.94. The lowest BCUT2D eigenvalue weighted by molar-refractivity contribution is 0.303.